The number of hydrogen-bond donors (Lipinski definition) is 2. The summed E-state index contributed by atoms with van der Waals surface area (Å²) in [7, 11) is 0. The van der Waals surface area contributed by atoms with E-state index in [0.717, 1.165) is 64.6 Å². The summed E-state index contributed by atoms with van der Waals surface area (Å²) in [4.78, 5) is 17.9. The molecule has 5 nitrogen and oxygen atoms in total. The summed E-state index contributed by atoms with van der Waals surface area (Å²) in [5.41, 5.74) is 0.350. The molecule has 0 radical (unpaired) electrons. The van der Waals surface area contributed by atoms with Crippen LogP contribution in [0.5, 0.6) is 0 Å². The van der Waals surface area contributed by atoms with Crippen LogP contribution in [0, 0.1) is 5.92 Å². The minimum atomic E-state index is -1.07. The minimum absolute atomic E-state index is 0.0677. The lowest BCUT2D eigenvalue weighted by Gasteiger charge is -2.49. The maximum atomic E-state index is 12.2. The first-order valence-electron chi connectivity index (χ1n) is 11.9. The van der Waals surface area contributed by atoms with E-state index in [2.05, 4.69) is 30.1 Å². The normalized spacial score (nSPS) is 35.4. The Morgan fingerprint density at radius 3 is 2.83 bits per heavy atom. The zero-order chi connectivity index (χ0) is 20.9. The van der Waals surface area contributed by atoms with Crippen LogP contribution in [0.1, 0.15) is 74.1 Å². The van der Waals surface area contributed by atoms with Crippen molar-refractivity contribution in [3.8, 4) is 0 Å². The molecule has 2 saturated carbocycles. The molecule has 1 aromatic heterocycles. The highest BCUT2D eigenvalue weighted by atomic mass is 32.1. The smallest absolute Gasteiger partial charge is 0.252 e. The Balaban J connectivity index is 1.14. The Morgan fingerprint density at radius 2 is 2.17 bits per heavy atom. The number of carbonyl (C=O) groups excluding carboxylic acids is 1. The van der Waals surface area contributed by atoms with E-state index in [-0.39, 0.29) is 17.6 Å². The standard InChI is InChI=1S/C24H36N2O3S/c1-3-19-13-20-21(30-19)5-10-29-24(20)8-9-26(16(2)14-24)15-17-11-18(12-17)25-22(27)23(28)6-4-7-23/h13,16-18,28H,3-12,14-15H2,1-2H3,(H,25,27)/t16-,17?,18?,24+/m0/s1. The van der Waals surface area contributed by atoms with Gasteiger partial charge in [0.05, 0.1) is 12.2 Å². The number of nitrogens with one attached hydrogen (secondary N) is 1. The third-order valence-corrected chi connectivity index (χ3v) is 9.46. The van der Waals surface area contributed by atoms with E-state index in [1.165, 1.54) is 10.4 Å². The number of carbonyl (C=O) groups is 1. The number of fused-ring (bicyclic) bond motifs is 2. The summed E-state index contributed by atoms with van der Waals surface area (Å²) in [6.07, 6.45) is 8.65. The zero-order valence-corrected chi connectivity index (χ0v) is 19.2. The highest BCUT2D eigenvalue weighted by molar-refractivity contribution is 7.12. The molecular formula is C24H36N2O3S. The van der Waals surface area contributed by atoms with E-state index in [9.17, 15) is 9.90 Å². The van der Waals surface area contributed by atoms with Gasteiger partial charge in [-0.15, -0.1) is 11.3 Å². The largest absolute Gasteiger partial charge is 0.380 e. The third-order valence-electron chi connectivity index (χ3n) is 8.13. The summed E-state index contributed by atoms with van der Waals surface area (Å²) >= 11 is 1.99. The monoisotopic (exact) mass is 432 g/mol. The van der Waals surface area contributed by atoms with Gasteiger partial charge >= 0.3 is 0 Å². The van der Waals surface area contributed by atoms with Crippen molar-refractivity contribution in [2.75, 3.05) is 19.7 Å². The number of nitrogens with zero attached hydrogens (tertiary/aromatic N) is 1. The number of aryl methyl sites for hydroxylation is 1. The van der Waals surface area contributed by atoms with Gasteiger partial charge in [-0.05, 0) is 75.8 Å². The lowest BCUT2D eigenvalue weighted by molar-refractivity contribution is -0.150. The molecule has 0 bridgehead atoms. The van der Waals surface area contributed by atoms with Gasteiger partial charge in [-0.2, -0.15) is 0 Å². The first kappa shape index (κ1) is 20.9. The highest BCUT2D eigenvalue weighted by Crippen LogP contribution is 2.46. The van der Waals surface area contributed by atoms with Crippen LogP contribution in [-0.2, 0) is 28.0 Å². The molecule has 4 aliphatic rings. The predicted octanol–water partition coefficient (Wildman–Crippen LogP) is 3.37. The molecule has 5 rings (SSSR count). The van der Waals surface area contributed by atoms with E-state index >= 15 is 0 Å². The number of piperidine rings is 1. The molecule has 6 heteroatoms. The first-order chi connectivity index (χ1) is 14.4. The van der Waals surface area contributed by atoms with Crippen LogP contribution in [-0.4, -0.2) is 53.3 Å². The molecule has 2 aliphatic heterocycles. The van der Waals surface area contributed by atoms with E-state index in [1.807, 2.05) is 11.3 Å². The molecule has 2 atom stereocenters. The first-order valence-corrected chi connectivity index (χ1v) is 12.8. The summed E-state index contributed by atoms with van der Waals surface area (Å²) in [6, 6.07) is 3.19. The summed E-state index contributed by atoms with van der Waals surface area (Å²) < 4.78 is 6.47. The SMILES string of the molecule is CCc1cc2c(s1)CCO[C@@]21CCN(CC2CC(NC(=O)C3(O)CCC3)C2)[C@@H](C)C1. The molecule has 2 N–H and O–H groups in total. The second-order valence-corrected chi connectivity index (χ2v) is 11.4. The third kappa shape index (κ3) is 3.64. The van der Waals surface area contributed by atoms with Crippen molar-refractivity contribution >= 4 is 17.2 Å². The molecule has 1 amide bonds. The van der Waals surface area contributed by atoms with Crippen LogP contribution in [0.3, 0.4) is 0 Å². The number of aliphatic hydroxyl groups is 1. The van der Waals surface area contributed by atoms with E-state index < -0.39 is 5.60 Å². The van der Waals surface area contributed by atoms with Crippen molar-refractivity contribution in [1.82, 2.24) is 10.2 Å². The van der Waals surface area contributed by atoms with Crippen LogP contribution < -0.4 is 5.32 Å². The van der Waals surface area contributed by atoms with Crippen LogP contribution >= 0.6 is 11.3 Å². The minimum Gasteiger partial charge on any atom is -0.380 e. The zero-order valence-electron chi connectivity index (χ0n) is 18.4. The number of hydrogen-bond acceptors (Lipinski definition) is 5. The van der Waals surface area contributed by atoms with Gasteiger partial charge < -0.3 is 20.1 Å². The van der Waals surface area contributed by atoms with Gasteiger partial charge in [0.1, 0.15) is 5.60 Å². The second-order valence-electron chi connectivity index (χ2n) is 10.2. The number of rotatable bonds is 5. The Labute approximate surface area is 184 Å². The molecule has 3 fully saturated rings. The fourth-order valence-electron chi connectivity index (χ4n) is 5.94. The molecule has 30 heavy (non-hydrogen) atoms. The topological polar surface area (TPSA) is 61.8 Å². The van der Waals surface area contributed by atoms with Crippen molar-refractivity contribution in [3.05, 3.63) is 21.4 Å². The van der Waals surface area contributed by atoms with Gasteiger partial charge in [0.2, 0.25) is 0 Å². The fraction of sp³-hybridized carbons (Fsp3) is 0.792. The molecule has 3 heterocycles. The van der Waals surface area contributed by atoms with Gasteiger partial charge in [-0.25, -0.2) is 0 Å². The van der Waals surface area contributed by atoms with Crippen molar-refractivity contribution < 1.29 is 14.6 Å². The van der Waals surface area contributed by atoms with E-state index in [4.69, 9.17) is 4.74 Å². The Hall–Kier alpha value is -0.950. The van der Waals surface area contributed by atoms with Crippen molar-refractivity contribution in [3.63, 3.8) is 0 Å². The van der Waals surface area contributed by atoms with Crippen molar-refractivity contribution in [2.45, 2.75) is 94.9 Å². The summed E-state index contributed by atoms with van der Waals surface area (Å²) in [5.74, 6) is 0.511. The predicted molar refractivity (Wildman–Crippen MR) is 119 cm³/mol. The van der Waals surface area contributed by atoms with Crippen LogP contribution in [0.2, 0.25) is 0 Å². The molecule has 1 aromatic rings. The number of ether oxygens (including phenoxy) is 1. The van der Waals surface area contributed by atoms with Crippen molar-refractivity contribution in [1.29, 1.82) is 0 Å². The Kier molecular flexibility index (Phi) is 5.49. The number of amides is 1. The second kappa shape index (κ2) is 7.88. The summed E-state index contributed by atoms with van der Waals surface area (Å²) in [5, 5.41) is 13.3. The van der Waals surface area contributed by atoms with E-state index in [0.29, 0.717) is 24.8 Å². The highest BCUT2D eigenvalue weighted by Gasteiger charge is 2.46. The van der Waals surface area contributed by atoms with Gasteiger partial charge in [-0.1, -0.05) is 6.92 Å². The Morgan fingerprint density at radius 1 is 1.37 bits per heavy atom. The number of likely N-dealkylation sites (tertiary alicyclic amines) is 1. The molecule has 2 aliphatic carbocycles. The van der Waals surface area contributed by atoms with Crippen LogP contribution in [0.15, 0.2) is 6.07 Å². The van der Waals surface area contributed by atoms with Gasteiger partial charge in [-0.3, -0.25) is 4.79 Å². The molecule has 166 valence electrons. The fourth-order valence-corrected chi connectivity index (χ4v) is 7.12. The molecule has 0 aromatic carbocycles. The summed E-state index contributed by atoms with van der Waals surface area (Å²) in [6.45, 7) is 7.67. The van der Waals surface area contributed by atoms with Gasteiger partial charge in [0, 0.05) is 41.3 Å². The Bertz CT molecular complexity index is 798. The van der Waals surface area contributed by atoms with Gasteiger partial charge in [0.15, 0.2) is 0 Å². The van der Waals surface area contributed by atoms with E-state index in [1.54, 1.807) is 4.88 Å². The lowest BCUT2D eigenvalue weighted by Crippen LogP contribution is -2.58. The maximum absolute atomic E-state index is 12.2. The quantitative estimate of drug-likeness (QED) is 0.749. The molecule has 1 spiro atoms. The molecule has 0 unspecified atom stereocenters. The lowest BCUT2D eigenvalue weighted by atomic mass is 9.75. The average molecular weight is 433 g/mol. The molecular weight excluding hydrogens is 396 g/mol. The van der Waals surface area contributed by atoms with Gasteiger partial charge in [0.25, 0.3) is 5.91 Å². The average Bonchev–Trinajstić information content (AvgIpc) is 3.11. The van der Waals surface area contributed by atoms with Crippen LogP contribution in [0.4, 0.5) is 0 Å². The number of thiophene rings is 1. The molecule has 1 saturated heterocycles. The van der Waals surface area contributed by atoms with Crippen LogP contribution in [0.25, 0.3) is 0 Å². The van der Waals surface area contributed by atoms with Crippen molar-refractivity contribution in [2.24, 2.45) is 5.92 Å². The maximum Gasteiger partial charge on any atom is 0.252 e.